The zero-order valence-electron chi connectivity index (χ0n) is 19.5. The second-order valence-corrected chi connectivity index (χ2v) is 9.20. The van der Waals surface area contributed by atoms with Gasteiger partial charge in [0.25, 0.3) is 5.91 Å². The molecule has 0 aliphatic carbocycles. The van der Waals surface area contributed by atoms with Crippen molar-refractivity contribution in [3.63, 3.8) is 0 Å². The van der Waals surface area contributed by atoms with Crippen LogP contribution in [0.1, 0.15) is 24.5 Å². The van der Waals surface area contributed by atoms with Crippen molar-refractivity contribution >= 4 is 40.8 Å². The van der Waals surface area contributed by atoms with Gasteiger partial charge in [0.2, 0.25) is 5.91 Å². The summed E-state index contributed by atoms with van der Waals surface area (Å²) >= 11 is 5.83. The van der Waals surface area contributed by atoms with Gasteiger partial charge in [-0.15, -0.1) is 0 Å². The van der Waals surface area contributed by atoms with E-state index in [1.807, 2.05) is 6.07 Å². The van der Waals surface area contributed by atoms with Crippen molar-refractivity contribution < 1.29 is 23.2 Å². The van der Waals surface area contributed by atoms with Crippen molar-refractivity contribution in [2.24, 2.45) is 0 Å². The highest BCUT2D eigenvalue weighted by atomic mass is 35.5. The zero-order valence-corrected chi connectivity index (χ0v) is 20.3. The molecule has 1 aromatic heterocycles. The molecule has 1 unspecified atom stereocenters. The number of rotatable bonds is 2. The summed E-state index contributed by atoms with van der Waals surface area (Å²) in [4.78, 5) is 46.9. The lowest BCUT2D eigenvalue weighted by Gasteiger charge is -2.51. The van der Waals surface area contributed by atoms with Crippen LogP contribution in [0.3, 0.4) is 0 Å². The maximum absolute atomic E-state index is 15.1. The highest BCUT2D eigenvalue weighted by Gasteiger charge is 2.56. The Hall–Kier alpha value is -4.29. The number of amides is 4. The van der Waals surface area contributed by atoms with E-state index in [1.165, 1.54) is 29.0 Å². The molecule has 186 valence electrons. The Labute approximate surface area is 216 Å². The van der Waals surface area contributed by atoms with Gasteiger partial charge in [0.1, 0.15) is 16.4 Å². The van der Waals surface area contributed by atoms with E-state index >= 15 is 8.78 Å². The lowest BCUT2D eigenvalue weighted by atomic mass is 9.88. The van der Waals surface area contributed by atoms with Gasteiger partial charge in [0.15, 0.2) is 11.6 Å². The van der Waals surface area contributed by atoms with Crippen LogP contribution in [0.5, 0.6) is 0 Å². The molecule has 1 atom stereocenters. The molecule has 0 bridgehead atoms. The van der Waals surface area contributed by atoms with Gasteiger partial charge in [0, 0.05) is 24.2 Å². The minimum absolute atomic E-state index is 0.0390. The minimum Gasteiger partial charge on any atom is -0.307 e. The highest BCUT2D eigenvalue weighted by Crippen LogP contribution is 2.38. The maximum atomic E-state index is 15.1. The van der Waals surface area contributed by atoms with Gasteiger partial charge < -0.3 is 9.80 Å². The van der Waals surface area contributed by atoms with Crippen molar-refractivity contribution in [2.45, 2.75) is 18.9 Å². The summed E-state index contributed by atoms with van der Waals surface area (Å²) in [5.74, 6) is 1.87. The number of benzene rings is 2. The van der Waals surface area contributed by atoms with Crippen LogP contribution in [0.15, 0.2) is 60.8 Å². The average molecular weight is 521 g/mol. The molecule has 2 aliphatic heterocycles. The number of piperazine rings is 1. The molecule has 0 saturated carbocycles. The Morgan fingerprint density at radius 2 is 1.62 bits per heavy atom. The van der Waals surface area contributed by atoms with Gasteiger partial charge in [0.05, 0.1) is 18.3 Å². The normalized spacial score (nSPS) is 19.5. The predicted octanol–water partition coefficient (Wildman–Crippen LogP) is 4.38. The van der Waals surface area contributed by atoms with Crippen LogP contribution in [-0.2, 0) is 9.59 Å². The Kier molecular flexibility index (Phi) is 6.13. The number of urea groups is 1. The van der Waals surface area contributed by atoms with Gasteiger partial charge in [-0.2, -0.15) is 0 Å². The van der Waals surface area contributed by atoms with Gasteiger partial charge in [-0.25, -0.2) is 23.5 Å². The molecule has 2 aliphatic rings. The lowest BCUT2D eigenvalue weighted by Crippen LogP contribution is -2.73. The van der Waals surface area contributed by atoms with Crippen LogP contribution >= 0.6 is 11.6 Å². The molecule has 4 amide bonds. The molecule has 0 radical (unpaired) electrons. The summed E-state index contributed by atoms with van der Waals surface area (Å²) in [6, 6.07) is 13.0. The van der Waals surface area contributed by atoms with Gasteiger partial charge in [-0.05, 0) is 43.3 Å². The monoisotopic (exact) mass is 520 g/mol. The number of carbonyl (C=O) groups excluding carboxylic acids is 3. The van der Waals surface area contributed by atoms with Crippen molar-refractivity contribution in [3.05, 3.63) is 88.7 Å². The summed E-state index contributed by atoms with van der Waals surface area (Å²) in [6.07, 6.45) is 0.967. The van der Waals surface area contributed by atoms with E-state index in [0.717, 1.165) is 12.1 Å². The number of fused-ring (bicyclic) bond motifs is 1. The van der Waals surface area contributed by atoms with E-state index < -0.39 is 47.1 Å². The van der Waals surface area contributed by atoms with Crippen LogP contribution < -0.4 is 9.80 Å². The third-order valence-corrected chi connectivity index (χ3v) is 6.63. The van der Waals surface area contributed by atoms with Crippen molar-refractivity contribution in [1.82, 2.24) is 9.88 Å². The molecule has 2 saturated heterocycles. The van der Waals surface area contributed by atoms with Crippen LogP contribution in [0.4, 0.5) is 25.0 Å². The number of hydrogen-bond acceptors (Lipinski definition) is 4. The molecule has 10 heteroatoms. The second kappa shape index (κ2) is 9.30. The van der Waals surface area contributed by atoms with Crippen LogP contribution in [0.25, 0.3) is 0 Å². The molecular formula is C27H19ClF2N4O3. The largest absolute Gasteiger partial charge is 0.332 e. The third kappa shape index (κ3) is 4.30. The first-order valence-electron chi connectivity index (χ1n) is 11.3. The molecule has 0 spiro atoms. The molecule has 37 heavy (non-hydrogen) atoms. The molecule has 7 nitrogen and oxygen atoms in total. The standard InChI is InChI=1S/C27H19ClF2N4O3/c1-27-15-23(35)34(24-20(29)13-18(14-21(24)30)8-7-17-5-3-2-4-6-17)26(37)33(27)12-11-32(25(27)36)19-9-10-22(28)31-16-19/h2-6,9-10,13-14,16H,11-12,15H2,1H3. The number of aromatic nitrogens is 1. The SMILES string of the molecule is CC12CC(=O)N(c3c(F)cc(C#Cc4ccccc4)cc3F)C(=O)N1CCN(c1ccc(Cl)nc1)C2=O. The van der Waals surface area contributed by atoms with Crippen LogP contribution in [-0.4, -0.2) is 46.4 Å². The average Bonchev–Trinajstić information content (AvgIpc) is 2.87. The molecule has 0 N–H and O–H groups in total. The van der Waals surface area contributed by atoms with E-state index in [1.54, 1.807) is 30.3 Å². The highest BCUT2D eigenvalue weighted by molar-refractivity contribution is 6.29. The van der Waals surface area contributed by atoms with E-state index in [-0.39, 0.29) is 23.8 Å². The van der Waals surface area contributed by atoms with Crippen LogP contribution in [0.2, 0.25) is 5.15 Å². The quantitative estimate of drug-likeness (QED) is 0.371. The first-order valence-corrected chi connectivity index (χ1v) is 11.7. The number of halogens is 3. The molecule has 2 aromatic carbocycles. The number of carbonyl (C=O) groups is 3. The fourth-order valence-corrected chi connectivity index (χ4v) is 4.66. The van der Waals surface area contributed by atoms with E-state index in [9.17, 15) is 14.4 Å². The number of pyridine rings is 1. The van der Waals surface area contributed by atoms with Gasteiger partial charge in [-0.3, -0.25) is 9.59 Å². The molecular weight excluding hydrogens is 502 g/mol. The smallest absolute Gasteiger partial charge is 0.307 e. The predicted molar refractivity (Wildman–Crippen MR) is 133 cm³/mol. The number of nitrogens with zero attached hydrogens (tertiary/aromatic N) is 4. The molecule has 3 heterocycles. The minimum atomic E-state index is -1.53. The first kappa shape index (κ1) is 24.4. The number of anilines is 2. The number of imide groups is 1. The molecule has 3 aromatic rings. The summed E-state index contributed by atoms with van der Waals surface area (Å²) in [5, 5.41) is 0.251. The Balaban J connectivity index is 1.44. The Morgan fingerprint density at radius 1 is 0.946 bits per heavy atom. The van der Waals surface area contributed by atoms with E-state index in [2.05, 4.69) is 16.8 Å². The van der Waals surface area contributed by atoms with Crippen molar-refractivity contribution in [2.75, 3.05) is 22.9 Å². The zero-order chi connectivity index (χ0) is 26.3. The van der Waals surface area contributed by atoms with Crippen molar-refractivity contribution in [3.8, 4) is 11.8 Å². The first-order chi connectivity index (χ1) is 17.7. The summed E-state index contributed by atoms with van der Waals surface area (Å²) in [5.41, 5.74) is -1.16. The van der Waals surface area contributed by atoms with Crippen LogP contribution in [0, 0.1) is 23.5 Å². The number of hydrogen-bond donors (Lipinski definition) is 0. The molecule has 5 rings (SSSR count). The summed E-state index contributed by atoms with van der Waals surface area (Å²) in [7, 11) is 0. The Bertz CT molecular complexity index is 1460. The third-order valence-electron chi connectivity index (χ3n) is 6.40. The second-order valence-electron chi connectivity index (χ2n) is 8.81. The van der Waals surface area contributed by atoms with Gasteiger partial charge in [-0.1, -0.05) is 41.6 Å². The summed E-state index contributed by atoms with van der Waals surface area (Å²) in [6.45, 7) is 1.61. The Morgan fingerprint density at radius 3 is 2.27 bits per heavy atom. The van der Waals surface area contributed by atoms with E-state index in [4.69, 9.17) is 11.6 Å². The van der Waals surface area contributed by atoms with Gasteiger partial charge >= 0.3 is 6.03 Å². The lowest BCUT2D eigenvalue weighted by molar-refractivity contribution is -0.137. The topological polar surface area (TPSA) is 73.8 Å². The molecule has 2 fully saturated rings. The van der Waals surface area contributed by atoms with E-state index in [0.29, 0.717) is 16.2 Å². The summed E-state index contributed by atoms with van der Waals surface area (Å²) < 4.78 is 30.2. The maximum Gasteiger partial charge on any atom is 0.332 e. The fourth-order valence-electron chi connectivity index (χ4n) is 4.54. The fraction of sp³-hybridized carbons (Fsp3) is 0.185. The van der Waals surface area contributed by atoms with Crippen molar-refractivity contribution in [1.29, 1.82) is 0 Å².